The third-order valence-corrected chi connectivity index (χ3v) is 3.83. The van der Waals surface area contributed by atoms with Crippen LogP contribution in [-0.4, -0.2) is 18.1 Å². The highest BCUT2D eigenvalue weighted by Gasteiger charge is 2.13. The minimum atomic E-state index is 0.104. The molecule has 0 aliphatic heterocycles. The van der Waals surface area contributed by atoms with Gasteiger partial charge in [-0.25, -0.2) is 0 Å². The monoisotopic (exact) mass is 303 g/mol. The molecule has 0 aromatic heterocycles. The highest BCUT2D eigenvalue weighted by molar-refractivity contribution is 6.30. The van der Waals surface area contributed by atoms with E-state index in [1.165, 1.54) is 0 Å². The Morgan fingerprint density at radius 2 is 1.90 bits per heavy atom. The van der Waals surface area contributed by atoms with Gasteiger partial charge in [-0.05, 0) is 48.9 Å². The van der Waals surface area contributed by atoms with Crippen LogP contribution in [0.5, 0.6) is 0 Å². The Kier molecular flexibility index (Phi) is 4.70. The number of hydrogen-bond donors (Lipinski definition) is 2. The van der Waals surface area contributed by atoms with E-state index >= 15 is 0 Å². The van der Waals surface area contributed by atoms with E-state index in [1.807, 2.05) is 49.5 Å². The van der Waals surface area contributed by atoms with Gasteiger partial charge in [0.1, 0.15) is 0 Å². The molecule has 4 nitrogen and oxygen atoms in total. The molecule has 0 radical (unpaired) electrons. The fraction of sp³-hybridized carbons (Fsp3) is 0.188. The van der Waals surface area contributed by atoms with Gasteiger partial charge in [0.25, 0.3) is 0 Å². The average molecular weight is 304 g/mol. The number of anilines is 1. The molecular formula is C16H18ClN3O. The van der Waals surface area contributed by atoms with Crippen molar-refractivity contribution in [3.63, 3.8) is 0 Å². The number of rotatable bonds is 4. The van der Waals surface area contributed by atoms with Crippen molar-refractivity contribution in [2.45, 2.75) is 13.0 Å². The molecule has 3 N–H and O–H groups in total. The highest BCUT2D eigenvalue weighted by Crippen LogP contribution is 2.26. The Morgan fingerprint density at radius 3 is 2.48 bits per heavy atom. The molecular weight excluding hydrogens is 286 g/mol. The Morgan fingerprint density at radius 1 is 1.24 bits per heavy atom. The summed E-state index contributed by atoms with van der Waals surface area (Å²) in [6.45, 7) is 2.11. The van der Waals surface area contributed by atoms with Crippen LogP contribution in [0.2, 0.25) is 5.02 Å². The molecule has 0 heterocycles. The number of halogens is 1. The number of nitrogens with two attached hydrogens (primary N) is 1. The molecule has 2 aromatic carbocycles. The second-order valence-corrected chi connectivity index (χ2v) is 5.31. The van der Waals surface area contributed by atoms with Crippen LogP contribution >= 0.6 is 11.6 Å². The Labute approximate surface area is 129 Å². The molecule has 0 fully saturated rings. The van der Waals surface area contributed by atoms with E-state index in [0.29, 0.717) is 5.56 Å². The zero-order valence-corrected chi connectivity index (χ0v) is 12.7. The maximum Gasteiger partial charge on any atom is 0.170 e. The molecule has 110 valence electrons. The maximum atomic E-state index is 8.67. The number of benzene rings is 2. The van der Waals surface area contributed by atoms with Gasteiger partial charge in [-0.3, -0.25) is 0 Å². The van der Waals surface area contributed by atoms with Crippen molar-refractivity contribution in [3.05, 3.63) is 64.7 Å². The predicted molar refractivity (Wildman–Crippen MR) is 87.2 cm³/mol. The van der Waals surface area contributed by atoms with Gasteiger partial charge in [0.05, 0.1) is 6.04 Å². The van der Waals surface area contributed by atoms with Gasteiger partial charge < -0.3 is 15.8 Å². The zero-order valence-electron chi connectivity index (χ0n) is 12.0. The van der Waals surface area contributed by atoms with Gasteiger partial charge in [0, 0.05) is 23.3 Å². The standard InChI is InChI=1S/C16H18ClN3O/c1-11(13-4-3-5-14(17)10-13)20(2)15-8-6-12(7-9-15)16(18)19-21/h3-11,21H,1-2H3,(H2,18,19). The van der Waals surface area contributed by atoms with Crippen LogP contribution in [0.1, 0.15) is 24.1 Å². The largest absolute Gasteiger partial charge is 0.409 e. The lowest BCUT2D eigenvalue weighted by Gasteiger charge is -2.27. The van der Waals surface area contributed by atoms with Crippen LogP contribution < -0.4 is 10.6 Å². The van der Waals surface area contributed by atoms with Crippen molar-refractivity contribution in [3.8, 4) is 0 Å². The minimum Gasteiger partial charge on any atom is -0.409 e. The topological polar surface area (TPSA) is 61.8 Å². The van der Waals surface area contributed by atoms with Crippen molar-refractivity contribution in [1.82, 2.24) is 0 Å². The summed E-state index contributed by atoms with van der Waals surface area (Å²) in [6.07, 6.45) is 0. The number of nitrogens with zero attached hydrogens (tertiary/aromatic N) is 2. The second kappa shape index (κ2) is 6.50. The lowest BCUT2D eigenvalue weighted by Crippen LogP contribution is -2.21. The van der Waals surface area contributed by atoms with E-state index in [1.54, 1.807) is 0 Å². The summed E-state index contributed by atoms with van der Waals surface area (Å²) in [5.41, 5.74) is 8.43. The van der Waals surface area contributed by atoms with E-state index < -0.39 is 0 Å². The molecule has 0 amide bonds. The molecule has 0 spiro atoms. The molecule has 0 bridgehead atoms. The van der Waals surface area contributed by atoms with Crippen molar-refractivity contribution < 1.29 is 5.21 Å². The van der Waals surface area contributed by atoms with Crippen molar-refractivity contribution >= 4 is 23.1 Å². The van der Waals surface area contributed by atoms with Crippen LogP contribution in [0, 0.1) is 0 Å². The molecule has 0 aliphatic rings. The molecule has 2 aromatic rings. The van der Waals surface area contributed by atoms with E-state index in [0.717, 1.165) is 16.3 Å². The first-order valence-corrected chi connectivity index (χ1v) is 6.97. The van der Waals surface area contributed by atoms with Gasteiger partial charge in [0.2, 0.25) is 0 Å². The van der Waals surface area contributed by atoms with Crippen LogP contribution in [-0.2, 0) is 0 Å². The van der Waals surface area contributed by atoms with E-state index in [9.17, 15) is 0 Å². The van der Waals surface area contributed by atoms with Gasteiger partial charge in [0.15, 0.2) is 5.84 Å². The molecule has 5 heteroatoms. The average Bonchev–Trinajstić information content (AvgIpc) is 2.53. The van der Waals surface area contributed by atoms with Crippen LogP contribution in [0.15, 0.2) is 53.7 Å². The van der Waals surface area contributed by atoms with E-state index in [2.05, 4.69) is 23.0 Å². The Balaban J connectivity index is 2.21. The molecule has 1 unspecified atom stereocenters. The third-order valence-electron chi connectivity index (χ3n) is 3.59. The minimum absolute atomic E-state index is 0.104. The molecule has 1 atom stereocenters. The quantitative estimate of drug-likeness (QED) is 0.392. The van der Waals surface area contributed by atoms with Crippen LogP contribution in [0.3, 0.4) is 0 Å². The highest BCUT2D eigenvalue weighted by atomic mass is 35.5. The molecule has 21 heavy (non-hydrogen) atoms. The fourth-order valence-corrected chi connectivity index (χ4v) is 2.34. The number of oxime groups is 1. The second-order valence-electron chi connectivity index (χ2n) is 4.87. The maximum absolute atomic E-state index is 8.67. The number of hydrogen-bond acceptors (Lipinski definition) is 3. The van der Waals surface area contributed by atoms with Crippen molar-refractivity contribution in [1.29, 1.82) is 0 Å². The summed E-state index contributed by atoms with van der Waals surface area (Å²) < 4.78 is 0. The summed E-state index contributed by atoms with van der Waals surface area (Å²) in [6, 6.07) is 15.5. The zero-order chi connectivity index (χ0) is 15.4. The van der Waals surface area contributed by atoms with Gasteiger partial charge in [-0.1, -0.05) is 28.9 Å². The summed E-state index contributed by atoms with van der Waals surface area (Å²) in [5.74, 6) is 0.104. The third kappa shape index (κ3) is 3.47. The molecule has 0 aliphatic carbocycles. The van der Waals surface area contributed by atoms with Crippen LogP contribution in [0.4, 0.5) is 5.69 Å². The molecule has 0 saturated heterocycles. The summed E-state index contributed by atoms with van der Waals surface area (Å²) in [7, 11) is 2.02. The molecule has 2 rings (SSSR count). The van der Waals surface area contributed by atoms with Crippen molar-refractivity contribution in [2.75, 3.05) is 11.9 Å². The smallest absolute Gasteiger partial charge is 0.170 e. The van der Waals surface area contributed by atoms with Gasteiger partial charge in [-0.15, -0.1) is 0 Å². The lowest BCUT2D eigenvalue weighted by molar-refractivity contribution is 0.318. The lowest BCUT2D eigenvalue weighted by atomic mass is 10.1. The molecule has 0 saturated carbocycles. The summed E-state index contributed by atoms with van der Waals surface area (Å²) in [5, 5.41) is 12.4. The summed E-state index contributed by atoms with van der Waals surface area (Å²) in [4.78, 5) is 2.14. The van der Waals surface area contributed by atoms with Gasteiger partial charge in [-0.2, -0.15) is 0 Å². The summed E-state index contributed by atoms with van der Waals surface area (Å²) >= 11 is 6.04. The van der Waals surface area contributed by atoms with Gasteiger partial charge >= 0.3 is 0 Å². The first-order valence-electron chi connectivity index (χ1n) is 6.59. The first kappa shape index (κ1) is 15.2. The Bertz CT molecular complexity index is 640. The number of amidine groups is 1. The van der Waals surface area contributed by atoms with Crippen molar-refractivity contribution in [2.24, 2.45) is 10.9 Å². The van der Waals surface area contributed by atoms with Crippen LogP contribution in [0.25, 0.3) is 0 Å². The predicted octanol–water partition coefficient (Wildman–Crippen LogP) is 3.63. The SMILES string of the molecule is CC(c1cccc(Cl)c1)N(C)c1ccc(C(N)=NO)cc1. The Hall–Kier alpha value is -2.20. The normalized spacial score (nSPS) is 13.0. The fourth-order valence-electron chi connectivity index (χ4n) is 2.14. The first-order chi connectivity index (χ1) is 10.0. The van der Waals surface area contributed by atoms with E-state index in [-0.39, 0.29) is 11.9 Å². The van der Waals surface area contributed by atoms with E-state index in [4.69, 9.17) is 22.5 Å².